The topological polar surface area (TPSA) is 88.4 Å². The van der Waals surface area contributed by atoms with Gasteiger partial charge >= 0.3 is 5.97 Å². The quantitative estimate of drug-likeness (QED) is 0.417. The van der Waals surface area contributed by atoms with E-state index in [1.165, 1.54) is 6.08 Å². The lowest BCUT2D eigenvalue weighted by molar-refractivity contribution is -0.144. The third-order valence-corrected chi connectivity index (χ3v) is 3.79. The Bertz CT molecular complexity index is 702. The number of hydrogen-bond donors (Lipinski definition) is 1. The molecule has 0 heterocycles. The van der Waals surface area contributed by atoms with E-state index in [-0.39, 0.29) is 5.92 Å². The van der Waals surface area contributed by atoms with Crippen LogP contribution in [0.3, 0.4) is 0 Å². The molecule has 0 aromatic heterocycles. The summed E-state index contributed by atoms with van der Waals surface area (Å²) in [5.41, 5.74) is -0.219. The Labute approximate surface area is 154 Å². The van der Waals surface area contributed by atoms with E-state index >= 15 is 0 Å². The molecule has 0 radical (unpaired) electrons. The summed E-state index contributed by atoms with van der Waals surface area (Å²) < 4.78 is 10.3. The van der Waals surface area contributed by atoms with E-state index < -0.39 is 24.0 Å². The van der Waals surface area contributed by atoms with Crippen molar-refractivity contribution < 1.29 is 19.1 Å². The molecule has 26 heavy (non-hydrogen) atoms. The van der Waals surface area contributed by atoms with Gasteiger partial charge in [-0.25, -0.2) is 4.79 Å². The maximum absolute atomic E-state index is 11.8. The number of carbonyl (C=O) groups is 2. The third-order valence-electron chi connectivity index (χ3n) is 3.79. The van der Waals surface area contributed by atoms with Crippen LogP contribution in [-0.2, 0) is 14.3 Å². The van der Waals surface area contributed by atoms with Crippen molar-refractivity contribution in [3.63, 3.8) is 0 Å². The largest absolute Gasteiger partial charge is 0.490 e. The molecule has 6 nitrogen and oxygen atoms in total. The number of nitriles is 1. The molecule has 0 saturated heterocycles. The molecule has 1 N–H and O–H groups in total. The molecule has 0 aliphatic rings. The second-order valence-electron chi connectivity index (χ2n) is 6.13. The Morgan fingerprint density at radius 2 is 2.00 bits per heavy atom. The molecule has 1 atom stereocenters. The molecule has 138 valence electrons. The van der Waals surface area contributed by atoms with Crippen LogP contribution in [0.1, 0.15) is 26.3 Å². The fourth-order valence-corrected chi connectivity index (χ4v) is 1.81. The number of rotatable bonds is 9. The number of nitrogens with zero attached hydrogens (tertiary/aromatic N) is 1. The van der Waals surface area contributed by atoms with Gasteiger partial charge in [0, 0.05) is 6.08 Å². The van der Waals surface area contributed by atoms with Crippen molar-refractivity contribution in [1.82, 2.24) is 5.32 Å². The highest BCUT2D eigenvalue weighted by Crippen LogP contribution is 2.15. The van der Waals surface area contributed by atoms with Crippen molar-refractivity contribution >= 4 is 18.0 Å². The summed E-state index contributed by atoms with van der Waals surface area (Å²) in [6.07, 6.45) is 4.46. The van der Waals surface area contributed by atoms with Gasteiger partial charge in [-0.15, -0.1) is 0 Å². The normalized spacial score (nSPS) is 12.9. The zero-order valence-corrected chi connectivity index (χ0v) is 15.3. The number of benzene rings is 1. The van der Waals surface area contributed by atoms with E-state index in [4.69, 9.17) is 14.7 Å². The van der Waals surface area contributed by atoms with Gasteiger partial charge in [-0.1, -0.05) is 38.6 Å². The minimum atomic E-state index is -1.01. The molecule has 1 aromatic rings. The molecule has 0 aliphatic heterocycles. The van der Waals surface area contributed by atoms with E-state index in [1.54, 1.807) is 43.3 Å². The lowest BCUT2D eigenvalue weighted by Gasteiger charge is -2.27. The van der Waals surface area contributed by atoms with Crippen LogP contribution in [0.4, 0.5) is 0 Å². The van der Waals surface area contributed by atoms with Crippen molar-refractivity contribution in [2.75, 3.05) is 13.2 Å². The first-order valence-electron chi connectivity index (χ1n) is 8.21. The monoisotopic (exact) mass is 356 g/mol. The van der Waals surface area contributed by atoms with Gasteiger partial charge < -0.3 is 14.8 Å². The number of carbonyl (C=O) groups excluding carboxylic acids is 2. The molecular weight excluding hydrogens is 332 g/mol. The molecule has 1 aromatic carbocycles. The molecule has 0 saturated carbocycles. The highest BCUT2D eigenvalue weighted by atomic mass is 16.5. The van der Waals surface area contributed by atoms with Crippen molar-refractivity contribution in [3.05, 3.63) is 48.6 Å². The summed E-state index contributed by atoms with van der Waals surface area (Å²) >= 11 is 0. The number of amides is 1. The minimum Gasteiger partial charge on any atom is -0.490 e. The third kappa shape index (κ3) is 6.81. The summed E-state index contributed by atoms with van der Waals surface area (Å²) in [4.78, 5) is 23.5. The van der Waals surface area contributed by atoms with Gasteiger partial charge in [0.1, 0.15) is 17.9 Å². The van der Waals surface area contributed by atoms with Crippen molar-refractivity contribution in [3.8, 4) is 11.8 Å². The smallest absolute Gasteiger partial charge is 0.331 e. The predicted octanol–water partition coefficient (Wildman–Crippen LogP) is 2.86. The van der Waals surface area contributed by atoms with Crippen molar-refractivity contribution in [2.45, 2.75) is 26.3 Å². The van der Waals surface area contributed by atoms with Crippen LogP contribution >= 0.6 is 0 Å². The van der Waals surface area contributed by atoms with Gasteiger partial charge in [-0.3, -0.25) is 4.79 Å². The standard InChI is InChI=1S/C20H24N2O4/c1-5-12-25-17-9-6-16(7-10-17)8-11-19(24)26-13-18(23)22-20(4,14-21)15(2)3/h5-11,15H,1,12-13H2,2-4H3,(H,22,23)/b11-8+/t20-/m0/s1. The van der Waals surface area contributed by atoms with Gasteiger partial charge in [0.15, 0.2) is 6.61 Å². The van der Waals surface area contributed by atoms with E-state index in [0.717, 1.165) is 5.56 Å². The van der Waals surface area contributed by atoms with E-state index in [9.17, 15) is 9.59 Å². The number of nitrogens with one attached hydrogen (secondary N) is 1. The van der Waals surface area contributed by atoms with Crippen LogP contribution in [0.5, 0.6) is 5.75 Å². The zero-order chi connectivity index (χ0) is 19.6. The van der Waals surface area contributed by atoms with Crippen LogP contribution in [0.25, 0.3) is 6.08 Å². The predicted molar refractivity (Wildman–Crippen MR) is 99.1 cm³/mol. The average molecular weight is 356 g/mol. The molecule has 1 amide bonds. The Morgan fingerprint density at radius 3 is 2.54 bits per heavy atom. The fourth-order valence-electron chi connectivity index (χ4n) is 1.81. The minimum absolute atomic E-state index is 0.0783. The summed E-state index contributed by atoms with van der Waals surface area (Å²) in [6.45, 7) is 8.83. The summed E-state index contributed by atoms with van der Waals surface area (Å²) in [5, 5.41) is 11.7. The summed E-state index contributed by atoms with van der Waals surface area (Å²) in [5.74, 6) is -0.541. The fraction of sp³-hybridized carbons (Fsp3) is 0.350. The lowest BCUT2D eigenvalue weighted by Crippen LogP contribution is -2.50. The first kappa shape index (κ1) is 21.0. The summed E-state index contributed by atoms with van der Waals surface area (Å²) in [6, 6.07) is 9.18. The lowest BCUT2D eigenvalue weighted by atomic mass is 9.90. The van der Waals surface area contributed by atoms with Gasteiger partial charge in [-0.2, -0.15) is 5.26 Å². The molecule has 6 heteroatoms. The Balaban J connectivity index is 2.49. The average Bonchev–Trinajstić information content (AvgIpc) is 2.63. The van der Waals surface area contributed by atoms with Crippen LogP contribution in [0.15, 0.2) is 43.0 Å². The maximum Gasteiger partial charge on any atom is 0.331 e. The number of hydrogen-bond acceptors (Lipinski definition) is 5. The number of esters is 1. The van der Waals surface area contributed by atoms with Crippen molar-refractivity contribution in [1.29, 1.82) is 5.26 Å². The second kappa shape index (κ2) is 10.0. The summed E-state index contributed by atoms with van der Waals surface area (Å²) in [7, 11) is 0. The van der Waals surface area contributed by atoms with Crippen LogP contribution < -0.4 is 10.1 Å². The Hall–Kier alpha value is -3.07. The molecule has 0 bridgehead atoms. The van der Waals surface area contributed by atoms with Gasteiger partial charge in [0.05, 0.1) is 6.07 Å². The second-order valence-corrected chi connectivity index (χ2v) is 6.13. The molecule has 0 fully saturated rings. The van der Waals surface area contributed by atoms with Gasteiger partial charge in [-0.05, 0) is 36.6 Å². The van der Waals surface area contributed by atoms with E-state index in [0.29, 0.717) is 12.4 Å². The highest BCUT2D eigenvalue weighted by molar-refractivity contribution is 5.89. The zero-order valence-electron chi connectivity index (χ0n) is 15.3. The highest BCUT2D eigenvalue weighted by Gasteiger charge is 2.30. The Morgan fingerprint density at radius 1 is 1.35 bits per heavy atom. The van der Waals surface area contributed by atoms with Crippen LogP contribution in [-0.4, -0.2) is 30.6 Å². The van der Waals surface area contributed by atoms with Crippen LogP contribution in [0.2, 0.25) is 0 Å². The van der Waals surface area contributed by atoms with E-state index in [1.807, 2.05) is 13.8 Å². The van der Waals surface area contributed by atoms with Gasteiger partial charge in [0.2, 0.25) is 0 Å². The molecule has 0 unspecified atom stereocenters. The van der Waals surface area contributed by atoms with Crippen molar-refractivity contribution in [2.24, 2.45) is 5.92 Å². The maximum atomic E-state index is 11.8. The first-order valence-corrected chi connectivity index (χ1v) is 8.21. The molecule has 0 spiro atoms. The Kier molecular flexibility index (Phi) is 8.10. The first-order chi connectivity index (χ1) is 12.3. The SMILES string of the molecule is C=CCOc1ccc(/C=C/C(=O)OCC(=O)N[C@@](C)(C#N)C(C)C)cc1. The van der Waals surface area contributed by atoms with E-state index in [2.05, 4.69) is 18.0 Å². The number of ether oxygens (including phenoxy) is 2. The van der Waals surface area contributed by atoms with Gasteiger partial charge in [0.25, 0.3) is 5.91 Å². The molecule has 0 aliphatic carbocycles. The molecule has 1 rings (SSSR count). The molecular formula is C20H24N2O4. The van der Waals surface area contributed by atoms with Crippen LogP contribution in [0, 0.1) is 17.2 Å².